The number of pyridine rings is 1. The van der Waals surface area contributed by atoms with Gasteiger partial charge in [0.25, 0.3) is 0 Å². The molecule has 8 heteroatoms. The fourth-order valence-corrected chi connectivity index (χ4v) is 6.37. The Balaban J connectivity index is 1.46. The number of hydrogen-bond donors (Lipinski definition) is 1. The number of carbonyl (C=O) groups is 1. The first kappa shape index (κ1) is 27.4. The quantitative estimate of drug-likeness (QED) is 0.409. The van der Waals surface area contributed by atoms with Gasteiger partial charge in [-0.25, -0.2) is 9.18 Å². The van der Waals surface area contributed by atoms with Gasteiger partial charge in [0.1, 0.15) is 11.3 Å². The first-order valence-electron chi connectivity index (χ1n) is 14.2. The van der Waals surface area contributed by atoms with Gasteiger partial charge in [-0.15, -0.1) is 0 Å². The Bertz CT molecular complexity index is 1390. The molecule has 2 atom stereocenters. The van der Waals surface area contributed by atoms with Crippen LogP contribution in [0.15, 0.2) is 40.4 Å². The van der Waals surface area contributed by atoms with Crippen molar-refractivity contribution in [3.05, 3.63) is 57.2 Å². The molecule has 1 saturated carbocycles. The Morgan fingerprint density at radius 2 is 1.95 bits per heavy atom. The predicted octanol–water partition coefficient (Wildman–Crippen LogP) is 5.78. The smallest absolute Gasteiger partial charge is 0.341 e. The summed E-state index contributed by atoms with van der Waals surface area (Å²) in [7, 11) is 1.50. The highest BCUT2D eigenvalue weighted by molar-refractivity contribution is 5.97. The van der Waals surface area contributed by atoms with Crippen LogP contribution in [-0.2, 0) is 0 Å². The summed E-state index contributed by atoms with van der Waals surface area (Å²) in [6.07, 6.45) is 12.1. The summed E-state index contributed by atoms with van der Waals surface area (Å²) in [5, 5.41) is 9.66. The molecule has 2 saturated heterocycles. The van der Waals surface area contributed by atoms with E-state index < -0.39 is 17.2 Å². The molecule has 39 heavy (non-hydrogen) atoms. The number of likely N-dealkylation sites (tertiary alicyclic amines) is 1. The second kappa shape index (κ2) is 11.2. The van der Waals surface area contributed by atoms with E-state index in [1.54, 1.807) is 0 Å². The first-order valence-corrected chi connectivity index (χ1v) is 14.2. The molecule has 2 aliphatic heterocycles. The number of rotatable bonds is 9. The van der Waals surface area contributed by atoms with Gasteiger partial charge >= 0.3 is 5.97 Å². The summed E-state index contributed by atoms with van der Waals surface area (Å²) in [5.74, 6) is -1.09. The van der Waals surface area contributed by atoms with Crippen molar-refractivity contribution in [2.45, 2.75) is 71.4 Å². The number of piperidine rings is 1. The molecule has 0 spiro atoms. The van der Waals surface area contributed by atoms with Crippen molar-refractivity contribution in [1.29, 1.82) is 0 Å². The summed E-state index contributed by atoms with van der Waals surface area (Å²) in [6.45, 7) is 9.80. The molecule has 1 aromatic heterocycles. The summed E-state index contributed by atoms with van der Waals surface area (Å²) >= 11 is 0. The van der Waals surface area contributed by atoms with E-state index >= 15 is 4.39 Å². The maximum absolute atomic E-state index is 15.8. The third-order valence-electron chi connectivity index (χ3n) is 8.55. The number of carboxylic acids is 1. The third kappa shape index (κ3) is 5.49. The Morgan fingerprint density at radius 3 is 2.62 bits per heavy atom. The number of methoxy groups -OCH3 is 1. The number of halogens is 1. The minimum atomic E-state index is -1.30. The SMILES string of the molecule is COc1c(N2C[C@@H]3CCCN(C/C=C(/C)CCC=C(C)C)[C@@H]3C2)c(F)cc2c(=O)c(C(=O)O)cn(C3CC3)c12. The zero-order valence-electron chi connectivity index (χ0n) is 23.5. The number of anilines is 1. The largest absolute Gasteiger partial charge is 0.492 e. The lowest BCUT2D eigenvalue weighted by Gasteiger charge is -2.36. The summed E-state index contributed by atoms with van der Waals surface area (Å²) in [5.41, 5.74) is 2.60. The minimum absolute atomic E-state index is 0.0619. The molecule has 5 rings (SSSR count). The predicted molar refractivity (Wildman–Crippen MR) is 153 cm³/mol. The van der Waals surface area contributed by atoms with Gasteiger partial charge in [-0.3, -0.25) is 9.69 Å². The molecular weight excluding hydrogens is 497 g/mol. The van der Waals surface area contributed by atoms with E-state index in [0.717, 1.165) is 58.2 Å². The molecule has 3 heterocycles. The highest BCUT2D eigenvalue weighted by Crippen LogP contribution is 2.45. The van der Waals surface area contributed by atoms with Gasteiger partial charge < -0.3 is 19.3 Å². The Labute approximate surface area is 229 Å². The third-order valence-corrected chi connectivity index (χ3v) is 8.55. The minimum Gasteiger partial charge on any atom is -0.492 e. The standard InChI is InChI=1S/C31H40FN3O4/c1-19(2)7-5-8-20(3)12-14-33-13-6-9-21-16-34(18-26(21)33)28-25(32)15-23-27(30(28)39-4)35(22-10-11-22)17-24(29(23)36)31(37)38/h7,12,15,17,21-22,26H,5-6,8-11,13-14,16,18H2,1-4H3,(H,37,38)/b20-12-/t21-,26+/m0/s1. The van der Waals surface area contributed by atoms with Crippen molar-refractivity contribution >= 4 is 22.6 Å². The van der Waals surface area contributed by atoms with Crippen LogP contribution >= 0.6 is 0 Å². The number of hydrogen-bond acceptors (Lipinski definition) is 5. The number of carboxylic acid groups (broad SMARTS) is 1. The number of aromatic nitrogens is 1. The van der Waals surface area contributed by atoms with Gasteiger partial charge in [0.05, 0.1) is 18.0 Å². The van der Waals surface area contributed by atoms with E-state index in [9.17, 15) is 14.7 Å². The fraction of sp³-hybridized carbons (Fsp3) is 0.548. The van der Waals surface area contributed by atoms with Crippen LogP contribution < -0.4 is 15.1 Å². The number of fused-ring (bicyclic) bond motifs is 2. The van der Waals surface area contributed by atoms with Crippen molar-refractivity contribution in [2.75, 3.05) is 38.2 Å². The molecule has 1 aromatic carbocycles. The monoisotopic (exact) mass is 537 g/mol. The number of ether oxygens (including phenoxy) is 1. The van der Waals surface area contributed by atoms with Crippen LogP contribution in [0, 0.1) is 11.7 Å². The van der Waals surface area contributed by atoms with Gasteiger partial charge in [0, 0.05) is 37.9 Å². The van der Waals surface area contributed by atoms with Gasteiger partial charge in [-0.2, -0.15) is 0 Å². The van der Waals surface area contributed by atoms with Gasteiger partial charge in [0.2, 0.25) is 5.43 Å². The van der Waals surface area contributed by atoms with E-state index in [-0.39, 0.29) is 17.0 Å². The van der Waals surface area contributed by atoms with Crippen LogP contribution in [-0.4, -0.2) is 59.9 Å². The molecule has 2 aromatic rings. The molecule has 1 N–H and O–H groups in total. The fourth-order valence-electron chi connectivity index (χ4n) is 6.37. The highest BCUT2D eigenvalue weighted by Gasteiger charge is 2.41. The van der Waals surface area contributed by atoms with Crippen molar-refractivity contribution in [3.8, 4) is 5.75 Å². The van der Waals surface area contributed by atoms with Crippen LogP contribution in [0.3, 0.4) is 0 Å². The van der Waals surface area contributed by atoms with Crippen molar-refractivity contribution < 1.29 is 19.0 Å². The molecule has 0 bridgehead atoms. The van der Waals surface area contributed by atoms with Crippen LogP contribution in [0.4, 0.5) is 10.1 Å². The molecule has 7 nitrogen and oxygen atoms in total. The van der Waals surface area contributed by atoms with E-state index in [2.05, 4.69) is 42.7 Å². The maximum Gasteiger partial charge on any atom is 0.341 e. The zero-order valence-corrected chi connectivity index (χ0v) is 23.5. The number of nitrogens with zero attached hydrogens (tertiary/aromatic N) is 3. The Morgan fingerprint density at radius 1 is 1.18 bits per heavy atom. The van der Waals surface area contributed by atoms with E-state index in [1.807, 2.05) is 4.57 Å². The lowest BCUT2D eigenvalue weighted by atomic mass is 9.92. The molecular formula is C31H40FN3O4. The lowest BCUT2D eigenvalue weighted by molar-refractivity contribution is 0.0694. The van der Waals surface area contributed by atoms with Crippen molar-refractivity contribution in [3.63, 3.8) is 0 Å². The molecule has 1 aliphatic carbocycles. The first-order chi connectivity index (χ1) is 18.7. The van der Waals surface area contributed by atoms with Crippen molar-refractivity contribution in [1.82, 2.24) is 9.47 Å². The average molecular weight is 538 g/mol. The number of benzene rings is 1. The molecule has 0 radical (unpaired) electrons. The molecule has 3 aliphatic rings. The maximum atomic E-state index is 15.8. The van der Waals surface area contributed by atoms with Gasteiger partial charge in [0.15, 0.2) is 11.6 Å². The van der Waals surface area contributed by atoms with E-state index in [1.165, 1.54) is 30.5 Å². The molecule has 0 amide bonds. The van der Waals surface area contributed by atoms with Crippen LogP contribution in [0.25, 0.3) is 10.9 Å². The molecule has 3 fully saturated rings. The van der Waals surface area contributed by atoms with E-state index in [0.29, 0.717) is 35.5 Å². The number of aromatic carboxylic acids is 1. The van der Waals surface area contributed by atoms with E-state index in [4.69, 9.17) is 4.74 Å². The zero-order chi connectivity index (χ0) is 27.8. The van der Waals surface area contributed by atoms with Crippen molar-refractivity contribution in [2.24, 2.45) is 5.92 Å². The lowest BCUT2D eigenvalue weighted by Crippen LogP contribution is -2.45. The normalized spacial score (nSPS) is 21.8. The highest BCUT2D eigenvalue weighted by atomic mass is 19.1. The van der Waals surface area contributed by atoms with Crippen LogP contribution in [0.2, 0.25) is 0 Å². The molecule has 0 unspecified atom stereocenters. The van der Waals surface area contributed by atoms with Gasteiger partial charge in [-0.05, 0) is 77.8 Å². The summed E-state index contributed by atoms with van der Waals surface area (Å²) < 4.78 is 23.5. The van der Waals surface area contributed by atoms with Crippen LogP contribution in [0.5, 0.6) is 5.75 Å². The molecule has 210 valence electrons. The summed E-state index contributed by atoms with van der Waals surface area (Å²) in [4.78, 5) is 29.4. The topological polar surface area (TPSA) is 75.0 Å². The number of allylic oxidation sites excluding steroid dienone is 3. The second-order valence-corrected chi connectivity index (χ2v) is 11.7. The second-order valence-electron chi connectivity index (χ2n) is 11.7. The summed E-state index contributed by atoms with van der Waals surface area (Å²) in [6, 6.07) is 1.63. The Kier molecular flexibility index (Phi) is 7.85. The average Bonchev–Trinajstić information content (AvgIpc) is 3.64. The Hall–Kier alpha value is -3.13. The van der Waals surface area contributed by atoms with Crippen LogP contribution in [0.1, 0.15) is 75.7 Å². The van der Waals surface area contributed by atoms with Gasteiger partial charge in [-0.1, -0.05) is 23.3 Å².